The Morgan fingerprint density at radius 2 is 1.66 bits per heavy atom. The summed E-state index contributed by atoms with van der Waals surface area (Å²) in [4.78, 5) is 30.4. The van der Waals surface area contributed by atoms with Gasteiger partial charge in [0.25, 0.3) is 11.8 Å². The van der Waals surface area contributed by atoms with Gasteiger partial charge in [0.2, 0.25) is 0 Å². The van der Waals surface area contributed by atoms with Gasteiger partial charge in [-0.1, -0.05) is 24.3 Å². The van der Waals surface area contributed by atoms with Crippen molar-refractivity contribution in [3.63, 3.8) is 0 Å². The maximum atomic E-state index is 12.8. The fourth-order valence-corrected chi connectivity index (χ4v) is 3.72. The summed E-state index contributed by atoms with van der Waals surface area (Å²) in [7, 11) is 3.93. The minimum absolute atomic E-state index is 0.0239. The fourth-order valence-electron chi connectivity index (χ4n) is 3.72. The van der Waals surface area contributed by atoms with E-state index >= 15 is 0 Å². The number of nitrogens with zero attached hydrogens (tertiary/aromatic N) is 2. The molecule has 0 unspecified atom stereocenters. The van der Waals surface area contributed by atoms with E-state index in [2.05, 4.69) is 5.32 Å². The number of carbonyl (C=O) groups excluding carboxylic acids is 2. The molecule has 1 heterocycles. The first-order valence-electron chi connectivity index (χ1n) is 10.1. The quantitative estimate of drug-likeness (QED) is 0.804. The summed E-state index contributed by atoms with van der Waals surface area (Å²) in [6.07, 6.45) is 0. The van der Waals surface area contributed by atoms with Crippen LogP contribution in [0.1, 0.15) is 21.5 Å². The molecule has 3 rings (SSSR count). The summed E-state index contributed by atoms with van der Waals surface area (Å²) in [6, 6.07) is 13.7. The summed E-state index contributed by atoms with van der Waals surface area (Å²) in [5.41, 5.74) is 4.79. The molecule has 1 aliphatic heterocycles. The van der Waals surface area contributed by atoms with Crippen molar-refractivity contribution in [2.24, 2.45) is 0 Å². The number of benzene rings is 2. The smallest absolute Gasteiger partial charge is 0.279 e. The summed E-state index contributed by atoms with van der Waals surface area (Å²) in [6.45, 7) is 7.31. The van der Waals surface area contributed by atoms with Crippen LogP contribution in [0.3, 0.4) is 0 Å². The molecule has 0 saturated carbocycles. The van der Waals surface area contributed by atoms with Crippen LogP contribution in [0.4, 0.5) is 11.4 Å². The third kappa shape index (κ3) is 5.15. The summed E-state index contributed by atoms with van der Waals surface area (Å²) in [5.74, 6) is 0.0867. The number of hydrogen-bond donors (Lipinski definition) is 2. The Morgan fingerprint density at radius 3 is 2.28 bits per heavy atom. The van der Waals surface area contributed by atoms with Crippen LogP contribution in [-0.2, 0) is 4.79 Å². The first-order chi connectivity index (χ1) is 13.8. The monoisotopic (exact) mass is 395 g/mol. The Hall–Kier alpha value is -2.86. The van der Waals surface area contributed by atoms with Gasteiger partial charge >= 0.3 is 0 Å². The van der Waals surface area contributed by atoms with Crippen molar-refractivity contribution in [1.29, 1.82) is 0 Å². The van der Waals surface area contributed by atoms with E-state index in [0.29, 0.717) is 25.2 Å². The molecular formula is C23H31N4O2+. The van der Waals surface area contributed by atoms with Gasteiger partial charge in [0.05, 0.1) is 26.2 Å². The van der Waals surface area contributed by atoms with Crippen LogP contribution < -0.4 is 15.1 Å². The summed E-state index contributed by atoms with van der Waals surface area (Å²) in [5, 5.41) is 3.06. The molecule has 29 heavy (non-hydrogen) atoms. The third-order valence-electron chi connectivity index (χ3n) is 5.52. The van der Waals surface area contributed by atoms with Crippen LogP contribution in [0.2, 0.25) is 0 Å². The Balaban J connectivity index is 1.53. The van der Waals surface area contributed by atoms with Gasteiger partial charge in [-0.25, -0.2) is 0 Å². The number of anilines is 2. The van der Waals surface area contributed by atoms with Crippen LogP contribution in [-0.4, -0.2) is 63.5 Å². The summed E-state index contributed by atoms with van der Waals surface area (Å²) < 4.78 is 0. The van der Waals surface area contributed by atoms with Crippen LogP contribution in [0.15, 0.2) is 42.5 Å². The van der Waals surface area contributed by atoms with Crippen LogP contribution >= 0.6 is 0 Å². The second-order valence-corrected chi connectivity index (χ2v) is 7.98. The Kier molecular flexibility index (Phi) is 6.54. The highest BCUT2D eigenvalue weighted by atomic mass is 16.2. The number of piperazine rings is 1. The minimum Gasteiger partial charge on any atom is -0.378 e. The van der Waals surface area contributed by atoms with Crippen molar-refractivity contribution in [3.8, 4) is 0 Å². The van der Waals surface area contributed by atoms with Gasteiger partial charge in [-0.2, -0.15) is 0 Å². The van der Waals surface area contributed by atoms with Gasteiger partial charge in [0, 0.05) is 31.0 Å². The van der Waals surface area contributed by atoms with E-state index in [9.17, 15) is 9.59 Å². The molecular weight excluding hydrogens is 364 g/mol. The second kappa shape index (κ2) is 9.09. The first kappa shape index (κ1) is 20.9. The van der Waals surface area contributed by atoms with E-state index in [4.69, 9.17) is 0 Å². The number of para-hydroxylation sites is 1. The molecule has 1 saturated heterocycles. The number of quaternary nitrogens is 1. The molecule has 2 N–H and O–H groups in total. The van der Waals surface area contributed by atoms with Gasteiger partial charge < -0.3 is 20.0 Å². The third-order valence-corrected chi connectivity index (χ3v) is 5.52. The van der Waals surface area contributed by atoms with Crippen LogP contribution in [0.25, 0.3) is 0 Å². The molecule has 0 aliphatic carbocycles. The lowest BCUT2D eigenvalue weighted by molar-refractivity contribution is -0.895. The molecule has 2 amide bonds. The zero-order valence-electron chi connectivity index (χ0n) is 17.8. The van der Waals surface area contributed by atoms with Crippen LogP contribution in [0, 0.1) is 13.8 Å². The van der Waals surface area contributed by atoms with Gasteiger partial charge in [-0.15, -0.1) is 0 Å². The lowest BCUT2D eigenvalue weighted by Gasteiger charge is -2.32. The Morgan fingerprint density at radius 1 is 1.03 bits per heavy atom. The predicted molar refractivity (Wildman–Crippen MR) is 117 cm³/mol. The molecule has 1 aliphatic rings. The lowest BCUT2D eigenvalue weighted by Crippen LogP contribution is -3.15. The van der Waals surface area contributed by atoms with Crippen molar-refractivity contribution in [2.45, 2.75) is 13.8 Å². The fraction of sp³-hybridized carbons (Fsp3) is 0.391. The molecule has 154 valence electrons. The maximum absolute atomic E-state index is 12.8. The van der Waals surface area contributed by atoms with Crippen molar-refractivity contribution < 1.29 is 14.5 Å². The van der Waals surface area contributed by atoms with E-state index < -0.39 is 0 Å². The lowest BCUT2D eigenvalue weighted by atomic mass is 10.1. The number of nitrogens with one attached hydrogen (secondary N) is 2. The van der Waals surface area contributed by atoms with E-state index in [1.54, 1.807) is 0 Å². The highest BCUT2D eigenvalue weighted by Crippen LogP contribution is 2.19. The second-order valence-electron chi connectivity index (χ2n) is 7.98. The van der Waals surface area contributed by atoms with E-state index in [0.717, 1.165) is 35.6 Å². The SMILES string of the molecule is Cc1cccc(C)c1NC(=O)C[NH+]1CCN(C(=O)c2cccc(N(C)C)c2)CC1. The molecule has 0 bridgehead atoms. The topological polar surface area (TPSA) is 57.1 Å². The zero-order chi connectivity index (χ0) is 21.0. The highest BCUT2D eigenvalue weighted by Gasteiger charge is 2.26. The minimum atomic E-state index is 0.0239. The largest absolute Gasteiger partial charge is 0.378 e. The van der Waals surface area contributed by atoms with Crippen LogP contribution in [0.5, 0.6) is 0 Å². The number of aryl methyl sites for hydroxylation is 2. The van der Waals surface area contributed by atoms with Gasteiger partial charge in [0.1, 0.15) is 0 Å². The summed E-state index contributed by atoms with van der Waals surface area (Å²) >= 11 is 0. The first-order valence-corrected chi connectivity index (χ1v) is 10.1. The zero-order valence-corrected chi connectivity index (χ0v) is 17.8. The molecule has 6 nitrogen and oxygen atoms in total. The molecule has 6 heteroatoms. The number of carbonyl (C=O) groups is 2. The average Bonchev–Trinajstić information content (AvgIpc) is 2.71. The van der Waals surface area contributed by atoms with E-state index in [1.165, 1.54) is 4.90 Å². The average molecular weight is 396 g/mol. The number of amides is 2. The molecule has 2 aromatic carbocycles. The molecule has 2 aromatic rings. The van der Waals surface area contributed by atoms with E-state index in [-0.39, 0.29) is 11.8 Å². The molecule has 0 atom stereocenters. The Labute approximate surface area is 173 Å². The molecule has 1 fully saturated rings. The Bertz CT molecular complexity index is 866. The number of rotatable bonds is 5. The van der Waals surface area contributed by atoms with Gasteiger partial charge in [-0.3, -0.25) is 9.59 Å². The van der Waals surface area contributed by atoms with Gasteiger partial charge in [0.15, 0.2) is 6.54 Å². The van der Waals surface area contributed by atoms with Crippen molar-refractivity contribution >= 4 is 23.2 Å². The molecule has 0 spiro atoms. The normalized spacial score (nSPS) is 14.6. The maximum Gasteiger partial charge on any atom is 0.279 e. The predicted octanol–water partition coefficient (Wildman–Crippen LogP) is 1.35. The number of hydrogen-bond acceptors (Lipinski definition) is 3. The standard InChI is InChI=1S/C23H30N4O2/c1-17-7-5-8-18(2)22(17)24-21(28)16-26-11-13-27(14-12-26)23(29)19-9-6-10-20(15-19)25(3)4/h5-10,15H,11-14,16H2,1-4H3,(H,24,28)/p+1. The highest BCUT2D eigenvalue weighted by molar-refractivity contribution is 5.95. The van der Waals surface area contributed by atoms with Crippen molar-refractivity contribution in [3.05, 3.63) is 59.2 Å². The van der Waals surface area contributed by atoms with E-state index in [1.807, 2.05) is 80.2 Å². The molecule has 0 aromatic heterocycles. The molecule has 0 radical (unpaired) electrons. The van der Waals surface area contributed by atoms with Crippen molar-refractivity contribution in [2.75, 3.05) is 57.0 Å². The van der Waals surface area contributed by atoms with Crippen molar-refractivity contribution in [1.82, 2.24) is 4.90 Å². The van der Waals surface area contributed by atoms with Gasteiger partial charge in [-0.05, 0) is 43.2 Å².